The minimum Gasteiger partial charge on any atom is -0.474 e. The van der Waals surface area contributed by atoms with Crippen molar-refractivity contribution in [3.05, 3.63) is 39.5 Å². The van der Waals surface area contributed by atoms with Gasteiger partial charge in [-0.05, 0) is 51.2 Å². The molecule has 6 nitrogen and oxygen atoms in total. The number of thiazole rings is 1. The first-order valence-electron chi connectivity index (χ1n) is 9.63. The first-order valence-corrected chi connectivity index (χ1v) is 10.4. The van der Waals surface area contributed by atoms with Crippen LogP contribution >= 0.6 is 11.3 Å². The zero-order chi connectivity index (χ0) is 19.1. The summed E-state index contributed by atoms with van der Waals surface area (Å²) in [5.41, 5.74) is 2.22. The standard InChI is InChI=1S/C20H29N5OS/c1-14-15(2)27-19(25-14)13-24-20(21-3)23-12-16-9-10-22-18(11-16)26-17-7-5-4-6-8-17/h9-11,17H,4-8,12-13H2,1-3H3,(H2,21,23,24). The van der Waals surface area contributed by atoms with Crippen LogP contribution in [0.15, 0.2) is 23.3 Å². The predicted molar refractivity (Wildman–Crippen MR) is 110 cm³/mol. The van der Waals surface area contributed by atoms with Gasteiger partial charge in [0, 0.05) is 30.7 Å². The van der Waals surface area contributed by atoms with E-state index < -0.39 is 0 Å². The van der Waals surface area contributed by atoms with Gasteiger partial charge >= 0.3 is 0 Å². The minimum atomic E-state index is 0.314. The third kappa shape index (κ3) is 5.92. The molecule has 1 aliphatic rings. The fraction of sp³-hybridized carbons (Fsp3) is 0.550. The number of aromatic nitrogens is 2. The Morgan fingerprint density at radius 1 is 1.22 bits per heavy atom. The third-order valence-corrected chi connectivity index (χ3v) is 5.88. The van der Waals surface area contributed by atoms with Crippen LogP contribution in [-0.2, 0) is 13.1 Å². The van der Waals surface area contributed by atoms with Crippen molar-refractivity contribution in [2.45, 2.75) is 65.1 Å². The summed E-state index contributed by atoms with van der Waals surface area (Å²) in [4.78, 5) is 14.5. The molecule has 0 atom stereocenters. The first-order chi connectivity index (χ1) is 13.1. The van der Waals surface area contributed by atoms with E-state index in [1.165, 1.54) is 24.1 Å². The number of hydrogen-bond donors (Lipinski definition) is 2. The maximum atomic E-state index is 6.06. The van der Waals surface area contributed by atoms with Gasteiger partial charge in [0.05, 0.1) is 12.2 Å². The van der Waals surface area contributed by atoms with Crippen LogP contribution in [0.25, 0.3) is 0 Å². The lowest BCUT2D eigenvalue weighted by molar-refractivity contribution is 0.148. The zero-order valence-corrected chi connectivity index (χ0v) is 17.2. The van der Waals surface area contributed by atoms with Crippen molar-refractivity contribution in [2.24, 2.45) is 4.99 Å². The Morgan fingerprint density at radius 2 is 2.00 bits per heavy atom. The Labute approximate surface area is 165 Å². The smallest absolute Gasteiger partial charge is 0.213 e. The second-order valence-corrected chi connectivity index (χ2v) is 8.20. The molecule has 7 heteroatoms. The van der Waals surface area contributed by atoms with E-state index in [1.54, 1.807) is 18.4 Å². The highest BCUT2D eigenvalue weighted by molar-refractivity contribution is 7.11. The Morgan fingerprint density at radius 3 is 2.70 bits per heavy atom. The summed E-state index contributed by atoms with van der Waals surface area (Å²) in [6.45, 7) is 5.48. The molecule has 2 aromatic heterocycles. The van der Waals surface area contributed by atoms with Crippen molar-refractivity contribution in [3.63, 3.8) is 0 Å². The molecule has 1 fully saturated rings. The van der Waals surface area contributed by atoms with E-state index in [0.29, 0.717) is 19.2 Å². The number of guanidine groups is 1. The van der Waals surface area contributed by atoms with E-state index in [2.05, 4.69) is 32.5 Å². The molecule has 0 unspecified atom stereocenters. The van der Waals surface area contributed by atoms with Crippen LogP contribution in [0.1, 0.15) is 53.2 Å². The third-order valence-electron chi connectivity index (χ3n) is 4.80. The lowest BCUT2D eigenvalue weighted by atomic mass is 9.98. The molecule has 3 rings (SSSR count). The molecule has 2 aromatic rings. The summed E-state index contributed by atoms with van der Waals surface area (Å²) in [7, 11) is 1.78. The van der Waals surface area contributed by atoms with Gasteiger partial charge < -0.3 is 15.4 Å². The molecule has 2 heterocycles. The van der Waals surface area contributed by atoms with E-state index in [9.17, 15) is 0 Å². The molecule has 27 heavy (non-hydrogen) atoms. The van der Waals surface area contributed by atoms with Crippen molar-refractivity contribution >= 4 is 17.3 Å². The van der Waals surface area contributed by atoms with Gasteiger partial charge in [-0.2, -0.15) is 0 Å². The number of nitrogens with one attached hydrogen (secondary N) is 2. The molecule has 0 amide bonds. The summed E-state index contributed by atoms with van der Waals surface area (Å²) in [5.74, 6) is 1.48. The maximum Gasteiger partial charge on any atom is 0.213 e. The molecule has 1 aliphatic carbocycles. The van der Waals surface area contributed by atoms with Gasteiger partial charge in [-0.15, -0.1) is 11.3 Å². The lowest BCUT2D eigenvalue weighted by Crippen LogP contribution is -2.36. The minimum absolute atomic E-state index is 0.314. The predicted octanol–water partition coefficient (Wildman–Crippen LogP) is 3.73. The molecule has 0 bridgehead atoms. The van der Waals surface area contributed by atoms with Crippen LogP contribution in [0.3, 0.4) is 0 Å². The molecule has 0 spiro atoms. The average molecular weight is 388 g/mol. The van der Waals surface area contributed by atoms with Crippen molar-refractivity contribution in [1.82, 2.24) is 20.6 Å². The van der Waals surface area contributed by atoms with Crippen LogP contribution in [-0.4, -0.2) is 29.1 Å². The quantitative estimate of drug-likeness (QED) is 0.584. The van der Waals surface area contributed by atoms with Crippen LogP contribution < -0.4 is 15.4 Å². The zero-order valence-electron chi connectivity index (χ0n) is 16.4. The van der Waals surface area contributed by atoms with Crippen LogP contribution in [0.4, 0.5) is 0 Å². The summed E-state index contributed by atoms with van der Waals surface area (Å²) in [5, 5.41) is 7.73. The summed E-state index contributed by atoms with van der Waals surface area (Å²) < 4.78 is 6.06. The molecular formula is C20H29N5OS. The van der Waals surface area contributed by atoms with Crippen molar-refractivity contribution in [2.75, 3.05) is 7.05 Å². The Kier molecular flexibility index (Phi) is 7.04. The van der Waals surface area contributed by atoms with E-state index >= 15 is 0 Å². The molecule has 0 radical (unpaired) electrons. The molecule has 0 saturated heterocycles. The maximum absolute atomic E-state index is 6.06. The monoisotopic (exact) mass is 387 g/mol. The number of rotatable bonds is 6. The Hall–Kier alpha value is -2.15. The second-order valence-electron chi connectivity index (χ2n) is 6.91. The molecule has 0 aliphatic heterocycles. The molecule has 146 valence electrons. The number of aryl methyl sites for hydroxylation is 2. The number of ether oxygens (including phenoxy) is 1. The largest absolute Gasteiger partial charge is 0.474 e. The summed E-state index contributed by atoms with van der Waals surface area (Å²) >= 11 is 1.72. The SMILES string of the molecule is CN=C(NCc1ccnc(OC2CCCCC2)c1)NCc1nc(C)c(C)s1. The number of pyridine rings is 1. The van der Waals surface area contributed by atoms with E-state index in [-0.39, 0.29) is 0 Å². The highest BCUT2D eigenvalue weighted by atomic mass is 32.1. The van der Waals surface area contributed by atoms with Gasteiger partial charge in [-0.3, -0.25) is 4.99 Å². The molecule has 1 saturated carbocycles. The van der Waals surface area contributed by atoms with Crippen LogP contribution in [0.5, 0.6) is 5.88 Å². The highest BCUT2D eigenvalue weighted by Gasteiger charge is 2.15. The normalized spacial score (nSPS) is 15.6. The number of nitrogens with zero attached hydrogens (tertiary/aromatic N) is 3. The first kappa shape index (κ1) is 19.6. The molecular weight excluding hydrogens is 358 g/mol. The molecule has 2 N–H and O–H groups in total. The van der Waals surface area contributed by atoms with E-state index in [1.807, 2.05) is 25.3 Å². The number of hydrogen-bond acceptors (Lipinski definition) is 5. The number of aliphatic imine (C=N–C) groups is 1. The summed E-state index contributed by atoms with van der Waals surface area (Å²) in [6, 6.07) is 4.02. The molecule has 0 aromatic carbocycles. The van der Waals surface area contributed by atoms with Crippen molar-refractivity contribution in [1.29, 1.82) is 0 Å². The fourth-order valence-corrected chi connectivity index (χ4v) is 4.03. The lowest BCUT2D eigenvalue weighted by Gasteiger charge is -2.22. The Balaban J connectivity index is 1.49. The summed E-state index contributed by atoms with van der Waals surface area (Å²) in [6.07, 6.45) is 8.23. The van der Waals surface area contributed by atoms with Crippen molar-refractivity contribution < 1.29 is 4.74 Å². The van der Waals surface area contributed by atoms with Crippen LogP contribution in [0.2, 0.25) is 0 Å². The van der Waals surface area contributed by atoms with Gasteiger partial charge in [-0.25, -0.2) is 9.97 Å². The van der Waals surface area contributed by atoms with E-state index in [0.717, 1.165) is 40.9 Å². The topological polar surface area (TPSA) is 71.4 Å². The fourth-order valence-electron chi connectivity index (χ4n) is 3.16. The van der Waals surface area contributed by atoms with Gasteiger partial charge in [0.2, 0.25) is 5.88 Å². The van der Waals surface area contributed by atoms with Gasteiger partial charge in [0.25, 0.3) is 0 Å². The highest BCUT2D eigenvalue weighted by Crippen LogP contribution is 2.22. The van der Waals surface area contributed by atoms with Gasteiger partial charge in [-0.1, -0.05) is 6.42 Å². The Bertz CT molecular complexity index is 748. The van der Waals surface area contributed by atoms with Gasteiger partial charge in [0.15, 0.2) is 5.96 Å². The van der Waals surface area contributed by atoms with Crippen molar-refractivity contribution in [3.8, 4) is 5.88 Å². The second kappa shape index (κ2) is 9.69. The van der Waals surface area contributed by atoms with Gasteiger partial charge in [0.1, 0.15) is 11.1 Å². The van der Waals surface area contributed by atoms with Crippen LogP contribution in [0, 0.1) is 13.8 Å². The van der Waals surface area contributed by atoms with E-state index in [4.69, 9.17) is 4.74 Å². The average Bonchev–Trinajstić information content (AvgIpc) is 3.01.